The Hall–Kier alpha value is -3.93. The van der Waals surface area contributed by atoms with E-state index in [1.807, 2.05) is 0 Å². The number of hydrogen-bond acceptors (Lipinski definition) is 3. The van der Waals surface area contributed by atoms with Gasteiger partial charge in [-0.25, -0.2) is 13.2 Å². The summed E-state index contributed by atoms with van der Waals surface area (Å²) in [5.74, 6) is -1.14. The van der Waals surface area contributed by atoms with Gasteiger partial charge in [-0.05, 0) is 47.9 Å². The van der Waals surface area contributed by atoms with Crippen molar-refractivity contribution in [3.05, 3.63) is 102 Å². The van der Waals surface area contributed by atoms with Gasteiger partial charge < -0.3 is 14.2 Å². The lowest BCUT2D eigenvalue weighted by Crippen LogP contribution is -1.98. The molecule has 4 aromatic rings. The highest BCUT2D eigenvalue weighted by atomic mass is 19.2. The van der Waals surface area contributed by atoms with Gasteiger partial charge in [0.15, 0.2) is 23.2 Å². The van der Waals surface area contributed by atoms with Gasteiger partial charge in [-0.2, -0.15) is 0 Å². The van der Waals surface area contributed by atoms with Crippen LogP contribution in [-0.4, -0.2) is 13.7 Å². The summed E-state index contributed by atoms with van der Waals surface area (Å²) >= 11 is 0. The van der Waals surface area contributed by atoms with Crippen molar-refractivity contribution in [2.24, 2.45) is 0 Å². The zero-order valence-corrected chi connectivity index (χ0v) is 18.8. The first-order chi connectivity index (χ1) is 16.5. The van der Waals surface area contributed by atoms with E-state index in [1.54, 1.807) is 80.8 Å². The van der Waals surface area contributed by atoms with Gasteiger partial charge in [0.2, 0.25) is 0 Å². The van der Waals surface area contributed by atoms with Crippen LogP contribution in [0.4, 0.5) is 13.2 Å². The maximum absolute atomic E-state index is 14.9. The molecule has 6 heteroatoms. The summed E-state index contributed by atoms with van der Waals surface area (Å²) in [6.45, 7) is 2.35. The third kappa shape index (κ3) is 5.01. The van der Waals surface area contributed by atoms with Gasteiger partial charge in [0.05, 0.1) is 13.7 Å². The molecule has 0 saturated heterocycles. The van der Waals surface area contributed by atoms with E-state index in [4.69, 9.17) is 14.2 Å². The van der Waals surface area contributed by atoms with Crippen LogP contribution in [-0.2, 0) is 6.61 Å². The highest BCUT2D eigenvalue weighted by Gasteiger charge is 2.16. The molecule has 0 aliphatic carbocycles. The standard InChI is InChI=1S/C28H23F3O3/c1-3-33-26-15-12-22(16-25(26)29)34-17-18-4-6-19(7-5-18)23-13-14-24(28(31)27(23)30)20-8-10-21(32-2)11-9-20/h4-16H,3,17H2,1-2H3. The Morgan fingerprint density at radius 1 is 0.647 bits per heavy atom. The Morgan fingerprint density at radius 3 is 1.74 bits per heavy atom. The van der Waals surface area contributed by atoms with Crippen molar-refractivity contribution in [1.82, 2.24) is 0 Å². The fourth-order valence-corrected chi connectivity index (χ4v) is 3.56. The number of halogens is 3. The molecule has 174 valence electrons. The molecule has 0 spiro atoms. The largest absolute Gasteiger partial charge is 0.497 e. The molecule has 0 atom stereocenters. The molecule has 34 heavy (non-hydrogen) atoms. The van der Waals surface area contributed by atoms with Gasteiger partial charge in [-0.3, -0.25) is 0 Å². The van der Waals surface area contributed by atoms with Crippen molar-refractivity contribution in [2.45, 2.75) is 13.5 Å². The summed E-state index contributed by atoms with van der Waals surface area (Å²) in [6, 6.07) is 21.2. The quantitative estimate of drug-likeness (QED) is 0.272. The monoisotopic (exact) mass is 464 g/mol. The predicted molar refractivity (Wildman–Crippen MR) is 126 cm³/mol. The molecule has 4 aromatic carbocycles. The molecule has 4 rings (SSSR count). The van der Waals surface area contributed by atoms with E-state index in [0.29, 0.717) is 29.2 Å². The van der Waals surface area contributed by atoms with Crippen LogP contribution in [0.5, 0.6) is 17.2 Å². The Kier molecular flexibility index (Phi) is 7.07. The number of ether oxygens (including phenoxy) is 3. The van der Waals surface area contributed by atoms with Crippen molar-refractivity contribution in [2.75, 3.05) is 13.7 Å². The summed E-state index contributed by atoms with van der Waals surface area (Å²) in [5.41, 5.74) is 2.23. The molecule has 0 aliphatic heterocycles. The molecular weight excluding hydrogens is 441 g/mol. The molecule has 0 radical (unpaired) electrons. The molecule has 3 nitrogen and oxygen atoms in total. The van der Waals surface area contributed by atoms with Crippen molar-refractivity contribution in [3.8, 4) is 39.5 Å². The number of hydrogen-bond donors (Lipinski definition) is 0. The number of benzene rings is 4. The molecule has 0 N–H and O–H groups in total. The second-order valence-corrected chi connectivity index (χ2v) is 7.53. The third-order valence-corrected chi connectivity index (χ3v) is 5.36. The van der Waals surface area contributed by atoms with E-state index in [0.717, 1.165) is 5.56 Å². The van der Waals surface area contributed by atoms with Crippen LogP contribution < -0.4 is 14.2 Å². The second kappa shape index (κ2) is 10.3. The Balaban J connectivity index is 1.48. The SMILES string of the molecule is CCOc1ccc(OCc2ccc(-c3ccc(-c4ccc(OC)cc4)c(F)c3F)cc2)cc1F. The van der Waals surface area contributed by atoms with Gasteiger partial charge in [0.25, 0.3) is 0 Å². The highest BCUT2D eigenvalue weighted by molar-refractivity contribution is 5.72. The predicted octanol–water partition coefficient (Wildman–Crippen LogP) is 7.42. The van der Waals surface area contributed by atoms with Gasteiger partial charge in [0, 0.05) is 17.2 Å². The molecule has 0 unspecified atom stereocenters. The minimum absolute atomic E-state index is 0.163. The summed E-state index contributed by atoms with van der Waals surface area (Å²) in [7, 11) is 1.54. The highest BCUT2D eigenvalue weighted by Crippen LogP contribution is 2.32. The van der Waals surface area contributed by atoms with Crippen LogP contribution >= 0.6 is 0 Å². The molecule has 0 aliphatic rings. The fraction of sp³-hybridized carbons (Fsp3) is 0.143. The van der Waals surface area contributed by atoms with Crippen LogP contribution in [0.25, 0.3) is 22.3 Å². The van der Waals surface area contributed by atoms with Gasteiger partial charge in [0.1, 0.15) is 18.1 Å². The zero-order chi connectivity index (χ0) is 24.1. The summed E-state index contributed by atoms with van der Waals surface area (Å²) in [6.07, 6.45) is 0. The molecule has 0 bridgehead atoms. The van der Waals surface area contributed by atoms with Gasteiger partial charge >= 0.3 is 0 Å². The van der Waals surface area contributed by atoms with Crippen LogP contribution in [0.1, 0.15) is 12.5 Å². The first-order valence-electron chi connectivity index (χ1n) is 10.8. The second-order valence-electron chi connectivity index (χ2n) is 7.53. The zero-order valence-electron chi connectivity index (χ0n) is 18.8. The van der Waals surface area contributed by atoms with Crippen molar-refractivity contribution < 1.29 is 27.4 Å². The Labute approximate surface area is 196 Å². The molecule has 0 heterocycles. The minimum Gasteiger partial charge on any atom is -0.497 e. The lowest BCUT2D eigenvalue weighted by Gasteiger charge is -2.11. The van der Waals surface area contributed by atoms with Gasteiger partial charge in [-0.15, -0.1) is 0 Å². The average Bonchev–Trinajstić information content (AvgIpc) is 2.86. The van der Waals surface area contributed by atoms with Crippen LogP contribution in [0, 0.1) is 17.5 Å². The van der Waals surface area contributed by atoms with Crippen LogP contribution in [0.2, 0.25) is 0 Å². The van der Waals surface area contributed by atoms with Crippen LogP contribution in [0.15, 0.2) is 78.9 Å². The van der Waals surface area contributed by atoms with Crippen molar-refractivity contribution in [3.63, 3.8) is 0 Å². The Bertz CT molecular complexity index is 1270. The lowest BCUT2D eigenvalue weighted by atomic mass is 9.98. The fourth-order valence-electron chi connectivity index (χ4n) is 3.56. The number of methoxy groups -OCH3 is 1. The summed E-state index contributed by atoms with van der Waals surface area (Å²) < 4.78 is 59.6. The van der Waals surface area contributed by atoms with E-state index < -0.39 is 17.5 Å². The first kappa shape index (κ1) is 23.2. The maximum atomic E-state index is 14.9. The van der Waals surface area contributed by atoms with Crippen LogP contribution in [0.3, 0.4) is 0 Å². The molecule has 0 saturated carbocycles. The minimum atomic E-state index is -0.915. The molecule has 0 fully saturated rings. The topological polar surface area (TPSA) is 27.7 Å². The number of rotatable bonds is 8. The van der Waals surface area contributed by atoms with Crippen molar-refractivity contribution >= 4 is 0 Å². The summed E-state index contributed by atoms with van der Waals surface area (Å²) in [4.78, 5) is 0. The normalized spacial score (nSPS) is 10.7. The maximum Gasteiger partial charge on any atom is 0.168 e. The van der Waals surface area contributed by atoms with Gasteiger partial charge in [-0.1, -0.05) is 48.5 Å². The molecule has 0 amide bonds. The van der Waals surface area contributed by atoms with E-state index in [1.165, 1.54) is 12.1 Å². The van der Waals surface area contributed by atoms with Crippen molar-refractivity contribution in [1.29, 1.82) is 0 Å². The average molecular weight is 464 g/mol. The molecule has 0 aromatic heterocycles. The van der Waals surface area contributed by atoms with E-state index >= 15 is 0 Å². The molecular formula is C28H23F3O3. The smallest absolute Gasteiger partial charge is 0.168 e. The summed E-state index contributed by atoms with van der Waals surface area (Å²) in [5, 5.41) is 0. The first-order valence-corrected chi connectivity index (χ1v) is 10.8. The lowest BCUT2D eigenvalue weighted by molar-refractivity contribution is 0.297. The van der Waals surface area contributed by atoms with E-state index in [2.05, 4.69) is 0 Å². The Morgan fingerprint density at radius 2 is 1.21 bits per heavy atom. The third-order valence-electron chi connectivity index (χ3n) is 5.36. The van der Waals surface area contributed by atoms with E-state index in [9.17, 15) is 13.2 Å². The van der Waals surface area contributed by atoms with E-state index in [-0.39, 0.29) is 23.5 Å².